The molecule has 6 heteroatoms. The van der Waals surface area contributed by atoms with E-state index in [0.717, 1.165) is 102 Å². The van der Waals surface area contributed by atoms with Gasteiger partial charge in [0.25, 0.3) is 0 Å². The Hall–Kier alpha value is -2.08. The molecule has 4 fully saturated rings. The molecule has 2 saturated heterocycles. The summed E-state index contributed by atoms with van der Waals surface area (Å²) in [7, 11) is 0. The number of amides is 2. The predicted octanol–water partition coefficient (Wildman–Crippen LogP) is 4.64. The van der Waals surface area contributed by atoms with Crippen LogP contribution in [0.15, 0.2) is 18.2 Å². The fraction of sp³-hybridized carbons (Fsp3) is 0.714. The molecule has 186 valence electrons. The van der Waals surface area contributed by atoms with Gasteiger partial charge in [-0.2, -0.15) is 0 Å². The lowest BCUT2D eigenvalue weighted by molar-refractivity contribution is -0.139. The molecular weight excluding hydrogens is 426 g/mol. The molecule has 4 aliphatic rings. The number of anilines is 2. The highest BCUT2D eigenvalue weighted by atomic mass is 16.3. The second-order valence-electron chi connectivity index (χ2n) is 11.3. The largest absolute Gasteiger partial charge is 0.393 e. The van der Waals surface area contributed by atoms with Crippen molar-refractivity contribution < 1.29 is 14.7 Å². The van der Waals surface area contributed by atoms with Crippen LogP contribution in [-0.2, 0) is 9.59 Å². The van der Waals surface area contributed by atoms with E-state index >= 15 is 0 Å². The van der Waals surface area contributed by atoms with Gasteiger partial charge in [0.15, 0.2) is 0 Å². The number of likely N-dealkylation sites (tertiary alicyclic amines) is 1. The van der Waals surface area contributed by atoms with Crippen LogP contribution >= 0.6 is 0 Å². The summed E-state index contributed by atoms with van der Waals surface area (Å²) in [5.41, 5.74) is 2.95. The van der Waals surface area contributed by atoms with Crippen LogP contribution in [0.3, 0.4) is 0 Å². The lowest BCUT2D eigenvalue weighted by Crippen LogP contribution is -2.50. The molecule has 0 aromatic heterocycles. The molecule has 2 aliphatic carbocycles. The summed E-state index contributed by atoms with van der Waals surface area (Å²) in [6.07, 6.45) is 11.8. The summed E-state index contributed by atoms with van der Waals surface area (Å²) >= 11 is 0. The summed E-state index contributed by atoms with van der Waals surface area (Å²) < 4.78 is 0. The van der Waals surface area contributed by atoms with Crippen molar-refractivity contribution in [2.45, 2.75) is 96.1 Å². The van der Waals surface area contributed by atoms with Crippen molar-refractivity contribution in [1.29, 1.82) is 0 Å². The standard InChI is InChI=1S/C28H41N3O3/c1-20-18-22(29-26(33)21-6-3-2-4-7-21)8-13-25(20)30-16-5-14-28(19-30)15-17-31(27(28)34)23-9-11-24(32)12-10-23/h8,13,18,21,23-24,32H,2-7,9-12,14-17,19H2,1H3,(H,29,33)/t23?,24?,28-/m0/s1. The molecule has 1 aromatic rings. The van der Waals surface area contributed by atoms with E-state index in [9.17, 15) is 14.7 Å². The lowest BCUT2D eigenvalue weighted by atomic mass is 9.78. The second-order valence-corrected chi connectivity index (χ2v) is 11.3. The molecule has 2 amide bonds. The van der Waals surface area contributed by atoms with Gasteiger partial charge >= 0.3 is 0 Å². The first kappa shape index (κ1) is 23.7. The van der Waals surface area contributed by atoms with E-state index in [1.807, 2.05) is 6.07 Å². The van der Waals surface area contributed by atoms with Crippen molar-refractivity contribution >= 4 is 23.2 Å². The Kier molecular flexibility index (Phi) is 6.88. The quantitative estimate of drug-likeness (QED) is 0.677. The van der Waals surface area contributed by atoms with Crippen LogP contribution in [0.1, 0.15) is 82.6 Å². The highest BCUT2D eigenvalue weighted by Gasteiger charge is 2.50. The number of hydrogen-bond acceptors (Lipinski definition) is 4. The Labute approximate surface area is 204 Å². The van der Waals surface area contributed by atoms with Crippen LogP contribution in [0.25, 0.3) is 0 Å². The summed E-state index contributed by atoms with van der Waals surface area (Å²) in [6.45, 7) is 4.73. The maximum Gasteiger partial charge on any atom is 0.230 e. The lowest BCUT2D eigenvalue weighted by Gasteiger charge is -2.42. The molecule has 1 spiro atoms. The third kappa shape index (κ3) is 4.71. The Bertz CT molecular complexity index is 904. The second kappa shape index (κ2) is 9.88. The fourth-order valence-electron chi connectivity index (χ4n) is 6.98. The number of piperidine rings is 1. The smallest absolute Gasteiger partial charge is 0.230 e. The molecular formula is C28H41N3O3. The number of aliphatic hydroxyl groups is 1. The summed E-state index contributed by atoms with van der Waals surface area (Å²) in [4.78, 5) is 30.9. The molecule has 34 heavy (non-hydrogen) atoms. The Morgan fingerprint density at radius 1 is 1.00 bits per heavy atom. The van der Waals surface area contributed by atoms with Gasteiger partial charge in [0.1, 0.15) is 0 Å². The highest BCUT2D eigenvalue weighted by molar-refractivity contribution is 5.93. The zero-order valence-electron chi connectivity index (χ0n) is 20.7. The predicted molar refractivity (Wildman–Crippen MR) is 135 cm³/mol. The Morgan fingerprint density at radius 2 is 1.76 bits per heavy atom. The van der Waals surface area contributed by atoms with Gasteiger partial charge in [-0.25, -0.2) is 0 Å². The Balaban J connectivity index is 1.24. The van der Waals surface area contributed by atoms with Gasteiger partial charge in [0.2, 0.25) is 11.8 Å². The zero-order valence-corrected chi connectivity index (χ0v) is 20.7. The van der Waals surface area contributed by atoms with Crippen molar-refractivity contribution in [2.75, 3.05) is 29.9 Å². The van der Waals surface area contributed by atoms with Crippen LogP contribution in [0.2, 0.25) is 0 Å². The first-order valence-electron chi connectivity index (χ1n) is 13.6. The molecule has 0 radical (unpaired) electrons. The van der Waals surface area contributed by atoms with Crippen molar-refractivity contribution in [2.24, 2.45) is 11.3 Å². The maximum absolute atomic E-state index is 13.6. The van der Waals surface area contributed by atoms with Gasteiger partial charge < -0.3 is 20.2 Å². The van der Waals surface area contributed by atoms with Crippen LogP contribution in [0, 0.1) is 18.3 Å². The number of benzene rings is 1. The zero-order chi connectivity index (χ0) is 23.7. The first-order chi connectivity index (χ1) is 16.4. The van der Waals surface area contributed by atoms with Crippen LogP contribution in [0.4, 0.5) is 11.4 Å². The minimum atomic E-state index is -0.269. The van der Waals surface area contributed by atoms with E-state index in [1.165, 1.54) is 12.1 Å². The van der Waals surface area contributed by atoms with E-state index in [1.54, 1.807) is 0 Å². The number of aliphatic hydroxyl groups excluding tert-OH is 1. The number of carbonyl (C=O) groups excluding carboxylic acids is 2. The molecule has 6 nitrogen and oxygen atoms in total. The number of aryl methyl sites for hydroxylation is 1. The minimum Gasteiger partial charge on any atom is -0.393 e. The number of nitrogens with zero attached hydrogens (tertiary/aromatic N) is 2. The van der Waals surface area contributed by atoms with Gasteiger partial charge in [0.05, 0.1) is 11.5 Å². The van der Waals surface area contributed by atoms with Gasteiger partial charge in [-0.05, 0) is 88.5 Å². The first-order valence-corrected chi connectivity index (χ1v) is 13.6. The topological polar surface area (TPSA) is 72.9 Å². The summed E-state index contributed by atoms with van der Waals surface area (Å²) in [6, 6.07) is 6.55. The van der Waals surface area contributed by atoms with Gasteiger partial charge in [-0.3, -0.25) is 9.59 Å². The Morgan fingerprint density at radius 3 is 2.50 bits per heavy atom. The molecule has 1 aromatic carbocycles. The fourth-order valence-corrected chi connectivity index (χ4v) is 6.98. The monoisotopic (exact) mass is 467 g/mol. The average Bonchev–Trinajstić information content (AvgIpc) is 3.15. The summed E-state index contributed by atoms with van der Waals surface area (Å²) in [5, 5.41) is 13.0. The van der Waals surface area contributed by atoms with Crippen molar-refractivity contribution in [3.63, 3.8) is 0 Å². The average molecular weight is 468 g/mol. The number of nitrogens with one attached hydrogen (secondary N) is 1. The molecule has 5 rings (SSSR count). The molecule has 0 unspecified atom stereocenters. The van der Waals surface area contributed by atoms with E-state index in [0.29, 0.717) is 11.9 Å². The van der Waals surface area contributed by atoms with Gasteiger partial charge in [-0.1, -0.05) is 19.3 Å². The van der Waals surface area contributed by atoms with E-state index in [-0.39, 0.29) is 23.3 Å². The molecule has 1 atom stereocenters. The SMILES string of the molecule is Cc1cc(NC(=O)C2CCCCC2)ccc1N1CCC[C@]2(CCN(C3CCC(O)CC3)C2=O)C1. The molecule has 2 heterocycles. The molecule has 0 bridgehead atoms. The van der Waals surface area contributed by atoms with Crippen molar-refractivity contribution in [3.05, 3.63) is 23.8 Å². The highest BCUT2D eigenvalue weighted by Crippen LogP contribution is 2.44. The van der Waals surface area contributed by atoms with Crippen LogP contribution in [-0.4, -0.2) is 53.6 Å². The minimum absolute atomic E-state index is 0.152. The van der Waals surface area contributed by atoms with Crippen LogP contribution in [0.5, 0.6) is 0 Å². The normalized spacial score (nSPS) is 30.7. The third-order valence-corrected chi connectivity index (χ3v) is 9.01. The van der Waals surface area contributed by atoms with Gasteiger partial charge in [0, 0.05) is 43.0 Å². The number of rotatable bonds is 4. The molecule has 2 N–H and O–H groups in total. The van der Waals surface area contributed by atoms with E-state index in [2.05, 4.69) is 34.2 Å². The van der Waals surface area contributed by atoms with Crippen LogP contribution < -0.4 is 10.2 Å². The summed E-state index contributed by atoms with van der Waals surface area (Å²) in [5.74, 6) is 0.655. The number of hydrogen-bond donors (Lipinski definition) is 2. The van der Waals surface area contributed by atoms with E-state index < -0.39 is 0 Å². The number of carbonyl (C=O) groups is 2. The van der Waals surface area contributed by atoms with E-state index in [4.69, 9.17) is 0 Å². The van der Waals surface area contributed by atoms with Crippen molar-refractivity contribution in [1.82, 2.24) is 4.90 Å². The molecule has 2 aliphatic heterocycles. The maximum atomic E-state index is 13.6. The molecule has 2 saturated carbocycles. The van der Waals surface area contributed by atoms with Gasteiger partial charge in [-0.15, -0.1) is 0 Å². The third-order valence-electron chi connectivity index (χ3n) is 9.01. The van der Waals surface area contributed by atoms with Crippen molar-refractivity contribution in [3.8, 4) is 0 Å².